The zero-order chi connectivity index (χ0) is 19.4. The zero-order valence-electron chi connectivity index (χ0n) is 15.0. The fraction of sp³-hybridized carbons (Fsp3) is 0.190. The molecule has 1 nitrogen and oxygen atoms in total. The number of alkyl halides is 4. The summed E-state index contributed by atoms with van der Waals surface area (Å²) < 4.78 is 42.4. The summed E-state index contributed by atoms with van der Waals surface area (Å²) in [6.45, 7) is 2.05. The fourth-order valence-electron chi connectivity index (χ4n) is 2.89. The molecular formula is C21H18F3I2NS. The van der Waals surface area contributed by atoms with Gasteiger partial charge < -0.3 is 24.0 Å². The molecule has 0 radical (unpaired) electrons. The van der Waals surface area contributed by atoms with Crippen molar-refractivity contribution in [2.45, 2.75) is 22.5 Å². The van der Waals surface area contributed by atoms with Crippen LogP contribution in [0.3, 0.4) is 0 Å². The molecule has 28 heavy (non-hydrogen) atoms. The highest BCUT2D eigenvalue weighted by atomic mass is 127. The normalized spacial score (nSPS) is 11.2. The van der Waals surface area contributed by atoms with Crippen LogP contribution in [0.5, 0.6) is 0 Å². The van der Waals surface area contributed by atoms with Crippen LogP contribution in [0.1, 0.15) is 12.5 Å². The Bertz CT molecular complexity index is 931. The molecule has 0 fully saturated rings. The highest BCUT2D eigenvalue weighted by molar-refractivity contribution is 14.1. The van der Waals surface area contributed by atoms with E-state index in [1.54, 1.807) is 17.8 Å². The first-order valence-corrected chi connectivity index (χ1v) is 10.9. The molecule has 7 heteroatoms. The molecule has 1 aromatic heterocycles. The van der Waals surface area contributed by atoms with E-state index in [0.717, 1.165) is 33.4 Å². The summed E-state index contributed by atoms with van der Waals surface area (Å²) in [4.78, 5) is 1.00. The first kappa shape index (κ1) is 23.5. The first-order valence-electron chi connectivity index (χ1n) is 8.43. The van der Waals surface area contributed by atoms with Crippen molar-refractivity contribution in [2.24, 2.45) is 0 Å². The average molecular weight is 627 g/mol. The number of halogens is 5. The molecule has 0 saturated carbocycles. The van der Waals surface area contributed by atoms with Gasteiger partial charge >= 0.3 is 6.18 Å². The Balaban J connectivity index is 0.00000280. The highest BCUT2D eigenvalue weighted by Crippen LogP contribution is 2.40. The van der Waals surface area contributed by atoms with Gasteiger partial charge in [-0.2, -0.15) is 17.7 Å². The Hall–Kier alpha value is -0.810. The summed E-state index contributed by atoms with van der Waals surface area (Å²) in [7, 11) is 0. The van der Waals surface area contributed by atoms with Crippen LogP contribution in [0.15, 0.2) is 71.9 Å². The van der Waals surface area contributed by atoms with Crippen molar-refractivity contribution in [3.63, 3.8) is 0 Å². The minimum absolute atomic E-state index is 0. The van der Waals surface area contributed by atoms with Crippen LogP contribution in [0.2, 0.25) is 0 Å². The molecule has 0 unspecified atom stereocenters. The van der Waals surface area contributed by atoms with Crippen LogP contribution in [-0.4, -0.2) is 5.75 Å². The van der Waals surface area contributed by atoms with E-state index in [1.165, 1.54) is 12.1 Å². The summed E-state index contributed by atoms with van der Waals surface area (Å²) in [6.07, 6.45) is -0.354. The molecule has 0 N–H and O–H groups in total. The minimum atomic E-state index is -4.36. The summed E-state index contributed by atoms with van der Waals surface area (Å²) in [5.41, 5.74) is 2.87. The number of nitrogens with zero attached hydrogens (tertiary/aromatic N) is 1. The van der Waals surface area contributed by atoms with Gasteiger partial charge in [0.1, 0.15) is 0 Å². The van der Waals surface area contributed by atoms with Crippen molar-refractivity contribution in [1.82, 2.24) is 0 Å². The summed E-state index contributed by atoms with van der Waals surface area (Å²) in [5.74, 6) is 0.833. The molecule has 0 aliphatic carbocycles. The van der Waals surface area contributed by atoms with Gasteiger partial charge in [0.15, 0.2) is 16.9 Å². The maximum atomic E-state index is 13.2. The van der Waals surface area contributed by atoms with Gasteiger partial charge in [-0.3, -0.25) is 0 Å². The van der Waals surface area contributed by atoms with Crippen molar-refractivity contribution in [3.05, 3.63) is 72.6 Å². The predicted octanol–water partition coefficient (Wildman–Crippen LogP) is 3.84. The number of benzene rings is 2. The van der Waals surface area contributed by atoms with Crippen LogP contribution >= 0.6 is 34.4 Å². The third kappa shape index (κ3) is 5.41. The van der Waals surface area contributed by atoms with Gasteiger partial charge in [0, 0.05) is 4.90 Å². The Labute approximate surface area is 197 Å². The molecule has 0 aliphatic rings. The minimum Gasteiger partial charge on any atom is -1.00 e. The van der Waals surface area contributed by atoms with E-state index >= 15 is 0 Å². The molecule has 0 saturated heterocycles. The average Bonchev–Trinajstić information content (AvgIpc) is 2.68. The standard InChI is InChI=1S/C21H18F3INS.HI/c1-2-27-20-18(15-7-4-3-5-8-15)12-26(14-25)13-19(20)16-9-6-10-17(11-16)21(22,23)24;/h3-13H,2,14H2,1H3;1H/q+1;/p-1. The Morgan fingerprint density at radius 2 is 1.54 bits per heavy atom. The molecule has 2 aromatic carbocycles. The lowest BCUT2D eigenvalue weighted by atomic mass is 10.00. The molecule has 1 heterocycles. The third-order valence-electron chi connectivity index (χ3n) is 4.09. The topological polar surface area (TPSA) is 3.88 Å². The van der Waals surface area contributed by atoms with Crippen molar-refractivity contribution >= 4 is 34.4 Å². The molecule has 0 bridgehead atoms. The Kier molecular flexibility index (Phi) is 8.62. The number of pyridine rings is 1. The van der Waals surface area contributed by atoms with Gasteiger partial charge in [-0.1, -0.05) is 49.4 Å². The van der Waals surface area contributed by atoms with Gasteiger partial charge in [-0.15, -0.1) is 11.8 Å². The van der Waals surface area contributed by atoms with Crippen LogP contribution in [0, 0.1) is 0 Å². The zero-order valence-corrected chi connectivity index (χ0v) is 20.1. The van der Waals surface area contributed by atoms with Crippen molar-refractivity contribution in [2.75, 3.05) is 5.75 Å². The number of aromatic nitrogens is 1. The predicted molar refractivity (Wildman–Crippen MR) is 113 cm³/mol. The van der Waals surface area contributed by atoms with Crippen LogP contribution in [-0.2, 0) is 10.7 Å². The van der Waals surface area contributed by atoms with E-state index in [0.29, 0.717) is 10.1 Å². The van der Waals surface area contributed by atoms with E-state index in [9.17, 15) is 13.2 Å². The Morgan fingerprint density at radius 3 is 2.11 bits per heavy atom. The lowest BCUT2D eigenvalue weighted by Crippen LogP contribution is -3.00. The third-order valence-corrected chi connectivity index (χ3v) is 5.90. The molecular weight excluding hydrogens is 609 g/mol. The molecule has 0 atom stereocenters. The van der Waals surface area contributed by atoms with Crippen molar-refractivity contribution in [3.8, 4) is 22.3 Å². The van der Waals surface area contributed by atoms with Gasteiger partial charge in [-0.05, 0) is 51.6 Å². The summed E-state index contributed by atoms with van der Waals surface area (Å²) in [6, 6.07) is 15.5. The quantitative estimate of drug-likeness (QED) is 0.180. The maximum absolute atomic E-state index is 13.2. The molecule has 3 rings (SSSR count). The second kappa shape index (κ2) is 10.3. The van der Waals surface area contributed by atoms with Crippen LogP contribution in [0.4, 0.5) is 13.2 Å². The SMILES string of the molecule is CCSc1c(-c2ccccc2)c[n+](CI)cc1-c1cccc(C(F)(F)F)c1.[I-]. The van der Waals surface area contributed by atoms with E-state index in [1.807, 2.05) is 41.1 Å². The molecule has 3 aromatic rings. The lowest BCUT2D eigenvalue weighted by Gasteiger charge is -2.14. The molecule has 148 valence electrons. The van der Waals surface area contributed by atoms with E-state index in [4.69, 9.17) is 0 Å². The smallest absolute Gasteiger partial charge is 0.416 e. The number of hydrogen-bond donors (Lipinski definition) is 0. The number of thioether (sulfide) groups is 1. The first-order chi connectivity index (χ1) is 12.9. The van der Waals surface area contributed by atoms with Gasteiger partial charge in [-0.25, -0.2) is 0 Å². The molecule has 0 amide bonds. The fourth-order valence-corrected chi connectivity index (χ4v) is 4.23. The van der Waals surface area contributed by atoms with E-state index in [-0.39, 0.29) is 24.0 Å². The second-order valence-electron chi connectivity index (χ2n) is 5.93. The van der Waals surface area contributed by atoms with Gasteiger partial charge in [0.2, 0.25) is 0 Å². The number of hydrogen-bond acceptors (Lipinski definition) is 1. The van der Waals surface area contributed by atoms with Gasteiger partial charge in [0.25, 0.3) is 0 Å². The number of rotatable bonds is 5. The molecule has 0 spiro atoms. The monoisotopic (exact) mass is 627 g/mol. The van der Waals surface area contributed by atoms with E-state index < -0.39 is 11.7 Å². The van der Waals surface area contributed by atoms with Crippen molar-refractivity contribution in [1.29, 1.82) is 0 Å². The van der Waals surface area contributed by atoms with Crippen LogP contribution in [0.25, 0.3) is 22.3 Å². The maximum Gasteiger partial charge on any atom is 0.416 e. The summed E-state index contributed by atoms with van der Waals surface area (Å²) in [5, 5.41) is 0. The second-order valence-corrected chi connectivity index (χ2v) is 7.88. The van der Waals surface area contributed by atoms with E-state index in [2.05, 4.69) is 35.7 Å². The highest BCUT2D eigenvalue weighted by Gasteiger charge is 2.31. The lowest BCUT2D eigenvalue weighted by molar-refractivity contribution is -0.670. The molecule has 0 aliphatic heterocycles. The Morgan fingerprint density at radius 1 is 0.929 bits per heavy atom. The summed E-state index contributed by atoms with van der Waals surface area (Å²) >= 11 is 3.91. The van der Waals surface area contributed by atoms with Crippen molar-refractivity contribution < 1.29 is 41.7 Å². The van der Waals surface area contributed by atoms with Crippen LogP contribution < -0.4 is 28.5 Å². The largest absolute Gasteiger partial charge is 1.00 e. The van der Waals surface area contributed by atoms with Gasteiger partial charge in [0.05, 0.1) is 16.7 Å².